The Hall–Kier alpha value is -4.73. The molecular weight excluding hydrogens is 519 g/mol. The minimum Gasteiger partial charge on any atom is -0.475 e. The average Bonchev–Trinajstić information content (AvgIpc) is 3.53. The number of H-pyrrole nitrogens is 1. The zero-order valence-corrected chi connectivity index (χ0v) is 19.4. The van der Waals surface area contributed by atoms with Gasteiger partial charge in [0.15, 0.2) is 5.82 Å². The van der Waals surface area contributed by atoms with Crippen molar-refractivity contribution in [3.05, 3.63) is 76.9 Å². The number of rotatable bonds is 6. The molecule has 16 heteroatoms. The smallest absolute Gasteiger partial charge is 0.475 e. The van der Waals surface area contributed by atoms with Crippen molar-refractivity contribution in [1.82, 2.24) is 34.5 Å². The first-order valence-corrected chi connectivity index (χ1v) is 10.5. The number of pyridine rings is 1. The summed E-state index contributed by atoms with van der Waals surface area (Å²) >= 11 is 0. The molecule has 0 spiro atoms. The predicted molar refractivity (Wildman–Crippen MR) is 123 cm³/mol. The second-order valence-electron chi connectivity index (χ2n) is 7.59. The van der Waals surface area contributed by atoms with Crippen LogP contribution in [0.15, 0.2) is 65.6 Å². The number of carbonyl (C=O) groups is 1. The van der Waals surface area contributed by atoms with E-state index in [0.717, 1.165) is 26.9 Å². The molecule has 0 aliphatic carbocycles. The van der Waals surface area contributed by atoms with E-state index in [-0.39, 0.29) is 18.7 Å². The minimum atomic E-state index is -5.08. The summed E-state index contributed by atoms with van der Waals surface area (Å²) in [7, 11) is 0. The summed E-state index contributed by atoms with van der Waals surface area (Å²) in [5.74, 6) is -1.74. The number of nitrogens with one attached hydrogen (secondary N) is 1. The summed E-state index contributed by atoms with van der Waals surface area (Å²) in [4.78, 5) is 30.1. The van der Waals surface area contributed by atoms with Crippen molar-refractivity contribution in [3.8, 4) is 28.3 Å². The van der Waals surface area contributed by atoms with Crippen LogP contribution in [0.2, 0.25) is 0 Å². The van der Waals surface area contributed by atoms with Crippen molar-refractivity contribution >= 4 is 5.97 Å². The molecule has 3 aromatic heterocycles. The number of aryl methyl sites for hydroxylation is 1. The van der Waals surface area contributed by atoms with Gasteiger partial charge < -0.3 is 10.8 Å². The Morgan fingerprint density at radius 1 is 1.13 bits per heavy atom. The van der Waals surface area contributed by atoms with Crippen molar-refractivity contribution < 1.29 is 31.9 Å². The molecular formula is C22H19F5N8O3. The molecule has 0 aliphatic rings. The van der Waals surface area contributed by atoms with Gasteiger partial charge in [-0.3, -0.25) is 5.10 Å². The molecule has 4 aromatic rings. The normalized spacial score (nSPS) is 11.0. The molecule has 0 amide bonds. The molecule has 4 N–H and O–H groups in total. The molecule has 0 fully saturated rings. The van der Waals surface area contributed by atoms with Crippen LogP contribution in [0.4, 0.5) is 22.0 Å². The number of benzene rings is 1. The molecule has 0 bridgehead atoms. The van der Waals surface area contributed by atoms with Crippen LogP contribution in [0.1, 0.15) is 5.56 Å². The number of aliphatic carboxylic acids is 1. The third-order valence-corrected chi connectivity index (χ3v) is 4.99. The van der Waals surface area contributed by atoms with Crippen LogP contribution >= 0.6 is 0 Å². The van der Waals surface area contributed by atoms with Gasteiger partial charge >= 0.3 is 17.8 Å². The van der Waals surface area contributed by atoms with Crippen molar-refractivity contribution in [2.75, 3.05) is 6.54 Å². The monoisotopic (exact) mass is 538 g/mol. The standard InChI is InChI=1S/C20H18F2N8O.C2HF3O2/c1-12-5-15(13-3-2-4-14(6-13)18-25-10-26-28-18)8-24-19(12)29-11-27-30(20(29)31)9-16(7-23)17(21)22;3-2(4,5)1(6)7/h2-6,8,10-11H,7,9,23H2,1H3,(H,25,26,28);(H,6,7). The summed E-state index contributed by atoms with van der Waals surface area (Å²) in [6.45, 7) is 1.07. The Kier molecular flexibility index (Phi) is 8.46. The lowest BCUT2D eigenvalue weighted by Crippen LogP contribution is -2.27. The Morgan fingerprint density at radius 2 is 1.82 bits per heavy atom. The van der Waals surface area contributed by atoms with Crippen molar-refractivity contribution in [3.63, 3.8) is 0 Å². The highest BCUT2D eigenvalue weighted by atomic mass is 19.4. The quantitative estimate of drug-likeness (QED) is 0.316. The Balaban J connectivity index is 0.000000505. The first kappa shape index (κ1) is 27.9. The number of alkyl halides is 3. The fraction of sp³-hybridized carbons (Fsp3) is 0.182. The van der Waals surface area contributed by atoms with E-state index >= 15 is 0 Å². The number of hydrogen-bond acceptors (Lipinski definition) is 7. The van der Waals surface area contributed by atoms with E-state index in [4.69, 9.17) is 15.6 Å². The van der Waals surface area contributed by atoms with Gasteiger partial charge in [0.1, 0.15) is 18.5 Å². The molecule has 4 rings (SSSR count). The van der Waals surface area contributed by atoms with E-state index in [1.54, 1.807) is 6.20 Å². The molecule has 0 aliphatic heterocycles. The van der Waals surface area contributed by atoms with Gasteiger partial charge in [0.2, 0.25) is 0 Å². The van der Waals surface area contributed by atoms with Crippen LogP contribution in [-0.2, 0) is 11.3 Å². The molecule has 11 nitrogen and oxygen atoms in total. The number of aromatic nitrogens is 7. The van der Waals surface area contributed by atoms with E-state index < -0.39 is 23.9 Å². The second-order valence-corrected chi connectivity index (χ2v) is 7.59. The lowest BCUT2D eigenvalue weighted by molar-refractivity contribution is -0.192. The number of aromatic amines is 1. The molecule has 0 saturated heterocycles. The number of nitrogens with zero attached hydrogens (tertiary/aromatic N) is 6. The third kappa shape index (κ3) is 6.52. The molecule has 0 saturated carbocycles. The number of hydrogen-bond donors (Lipinski definition) is 3. The van der Waals surface area contributed by atoms with Crippen molar-refractivity contribution in [2.24, 2.45) is 5.73 Å². The minimum absolute atomic E-state index is 0.348. The van der Waals surface area contributed by atoms with Gasteiger partial charge in [-0.15, -0.1) is 0 Å². The van der Waals surface area contributed by atoms with Gasteiger partial charge in [0.05, 0.1) is 6.54 Å². The lowest BCUT2D eigenvalue weighted by atomic mass is 10.0. The van der Waals surface area contributed by atoms with E-state index in [2.05, 4.69) is 25.3 Å². The molecule has 3 heterocycles. The van der Waals surface area contributed by atoms with E-state index in [0.29, 0.717) is 11.6 Å². The molecule has 0 radical (unpaired) electrons. The molecule has 0 atom stereocenters. The van der Waals surface area contributed by atoms with Gasteiger partial charge in [-0.25, -0.2) is 28.8 Å². The summed E-state index contributed by atoms with van der Waals surface area (Å²) in [6.07, 6.45) is -2.66. The van der Waals surface area contributed by atoms with Crippen molar-refractivity contribution in [2.45, 2.75) is 19.6 Å². The largest absolute Gasteiger partial charge is 0.490 e. The maximum absolute atomic E-state index is 12.9. The molecule has 38 heavy (non-hydrogen) atoms. The second kappa shape index (κ2) is 11.5. The van der Waals surface area contributed by atoms with Crippen LogP contribution < -0.4 is 11.4 Å². The van der Waals surface area contributed by atoms with E-state index in [1.165, 1.54) is 17.2 Å². The highest BCUT2D eigenvalue weighted by Crippen LogP contribution is 2.25. The maximum Gasteiger partial charge on any atom is 0.490 e. The number of nitrogens with two attached hydrogens (primary N) is 1. The average molecular weight is 538 g/mol. The first-order chi connectivity index (χ1) is 17.9. The summed E-state index contributed by atoms with van der Waals surface area (Å²) in [5, 5.41) is 17.7. The van der Waals surface area contributed by atoms with Crippen LogP contribution in [0.25, 0.3) is 28.3 Å². The summed E-state index contributed by atoms with van der Waals surface area (Å²) in [5.41, 5.74) is 7.74. The maximum atomic E-state index is 12.9. The fourth-order valence-corrected chi connectivity index (χ4v) is 3.14. The summed E-state index contributed by atoms with van der Waals surface area (Å²) in [6, 6.07) is 9.59. The molecule has 1 aromatic carbocycles. The van der Waals surface area contributed by atoms with Gasteiger partial charge in [0, 0.05) is 29.4 Å². The Bertz CT molecular complexity index is 1510. The van der Waals surface area contributed by atoms with E-state index in [9.17, 15) is 26.7 Å². The van der Waals surface area contributed by atoms with Gasteiger partial charge in [-0.05, 0) is 30.2 Å². The Labute approximate surface area is 210 Å². The number of carboxylic acid groups (broad SMARTS) is 1. The number of carboxylic acids is 1. The van der Waals surface area contributed by atoms with Crippen LogP contribution in [0, 0.1) is 6.92 Å². The predicted octanol–water partition coefficient (Wildman–Crippen LogP) is 2.93. The highest BCUT2D eigenvalue weighted by Gasteiger charge is 2.38. The first-order valence-electron chi connectivity index (χ1n) is 10.5. The third-order valence-electron chi connectivity index (χ3n) is 4.99. The zero-order chi connectivity index (χ0) is 28.0. The van der Waals surface area contributed by atoms with E-state index in [1.807, 2.05) is 37.3 Å². The SMILES string of the molecule is Cc1cc(-c2cccc(-c3ncn[nH]3)c2)cnc1-n1cnn(CC(CN)=C(F)F)c1=O.O=C(O)C(F)(F)F. The topological polar surface area (TPSA) is 158 Å². The lowest BCUT2D eigenvalue weighted by Gasteiger charge is -2.08. The highest BCUT2D eigenvalue weighted by molar-refractivity contribution is 5.73. The van der Waals surface area contributed by atoms with Crippen molar-refractivity contribution in [1.29, 1.82) is 0 Å². The number of halogens is 5. The molecule has 0 unspecified atom stereocenters. The van der Waals surface area contributed by atoms with Gasteiger partial charge in [0.25, 0.3) is 6.08 Å². The summed E-state index contributed by atoms with van der Waals surface area (Å²) < 4.78 is 59.6. The fourth-order valence-electron chi connectivity index (χ4n) is 3.14. The van der Waals surface area contributed by atoms with Crippen LogP contribution in [0.5, 0.6) is 0 Å². The van der Waals surface area contributed by atoms with Gasteiger partial charge in [-0.2, -0.15) is 32.1 Å². The van der Waals surface area contributed by atoms with Crippen LogP contribution in [-0.4, -0.2) is 58.3 Å². The zero-order valence-electron chi connectivity index (χ0n) is 19.4. The van der Waals surface area contributed by atoms with Crippen LogP contribution in [0.3, 0.4) is 0 Å². The van der Waals surface area contributed by atoms with Gasteiger partial charge in [-0.1, -0.05) is 18.2 Å². The molecule has 200 valence electrons. The Morgan fingerprint density at radius 3 is 2.37 bits per heavy atom.